The maximum Gasteiger partial charge on any atom is 1.00 e. The molecule has 0 unspecified atom stereocenters. The van der Waals surface area contributed by atoms with Crippen molar-refractivity contribution in [2.45, 2.75) is 9.79 Å². The van der Waals surface area contributed by atoms with Crippen LogP contribution >= 0.6 is 0 Å². The fourth-order valence-corrected chi connectivity index (χ4v) is 7.41. The van der Waals surface area contributed by atoms with E-state index < -0.39 is 30.0 Å². The van der Waals surface area contributed by atoms with Crippen molar-refractivity contribution in [1.82, 2.24) is 29.9 Å². The van der Waals surface area contributed by atoms with Crippen LogP contribution in [0.1, 0.15) is 11.1 Å². The normalized spacial score (nSPS) is 11.0. The van der Waals surface area contributed by atoms with Gasteiger partial charge in [-0.3, -0.25) is 0 Å². The summed E-state index contributed by atoms with van der Waals surface area (Å²) in [4.78, 5) is 27.9. The SMILES string of the molecule is O=S(=O)([O-])c1cc(Nc2nc(Nc3ccccc3)nc(N(CCO)CCO)n2)ccc1/C=C/c1ccc(Nc2nc(Nc3ccccc3)nc(N(CCO)CCO)n2)cc1S(=O)(=O)[O-].[K].[K].[Na+].[Na+]. The number of para-hydroxylation sites is 2. The largest absolute Gasteiger partial charge is 1.00 e. The molecule has 0 bridgehead atoms. The van der Waals surface area contributed by atoms with Crippen molar-refractivity contribution in [3.8, 4) is 0 Å². The van der Waals surface area contributed by atoms with Crippen LogP contribution in [0.15, 0.2) is 107 Å². The zero-order valence-corrected chi connectivity index (χ0v) is 49.6. The van der Waals surface area contributed by atoms with Crippen LogP contribution in [-0.2, 0) is 20.2 Å². The van der Waals surface area contributed by atoms with Gasteiger partial charge in [-0.2, -0.15) is 29.9 Å². The van der Waals surface area contributed by atoms with E-state index in [0.29, 0.717) is 11.4 Å². The predicted molar refractivity (Wildman–Crippen MR) is 248 cm³/mol. The van der Waals surface area contributed by atoms with E-state index in [1.807, 2.05) is 12.1 Å². The summed E-state index contributed by atoms with van der Waals surface area (Å²) in [5.41, 5.74) is 1.07. The molecular formula is C40H42K2N12Na2O10S2. The smallest absolute Gasteiger partial charge is 0.744 e. The van der Waals surface area contributed by atoms with Crippen LogP contribution in [0, 0.1) is 0 Å². The van der Waals surface area contributed by atoms with Crippen LogP contribution in [-0.4, -0.2) is 232 Å². The van der Waals surface area contributed by atoms with E-state index in [9.17, 15) is 46.4 Å². The second-order valence-corrected chi connectivity index (χ2v) is 16.1. The molecule has 2 heterocycles. The number of rotatable bonds is 22. The van der Waals surface area contributed by atoms with E-state index in [0.717, 1.165) is 24.3 Å². The number of aliphatic hydroxyl groups excluding tert-OH is 4. The molecule has 0 aliphatic carbocycles. The van der Waals surface area contributed by atoms with E-state index >= 15 is 0 Å². The molecular weight excluding hydrogens is 997 g/mol. The van der Waals surface area contributed by atoms with Gasteiger partial charge in [0.15, 0.2) is 0 Å². The number of nitrogens with zero attached hydrogens (tertiary/aromatic N) is 8. The maximum atomic E-state index is 12.6. The Morgan fingerprint density at radius 3 is 1.03 bits per heavy atom. The third-order valence-electron chi connectivity index (χ3n) is 8.87. The summed E-state index contributed by atoms with van der Waals surface area (Å²) in [6, 6.07) is 25.2. The molecule has 68 heavy (non-hydrogen) atoms. The molecule has 0 fully saturated rings. The number of benzene rings is 4. The summed E-state index contributed by atoms with van der Waals surface area (Å²) in [6.07, 6.45) is 2.32. The van der Waals surface area contributed by atoms with Gasteiger partial charge in [-0.1, -0.05) is 60.7 Å². The average Bonchev–Trinajstić information content (AvgIpc) is 3.26. The molecule has 0 aliphatic rings. The minimum Gasteiger partial charge on any atom is -0.744 e. The quantitative estimate of drug-likeness (QED) is 0.0182. The average molecular weight is 1040 g/mol. The van der Waals surface area contributed by atoms with E-state index in [-0.39, 0.29) is 273 Å². The molecule has 0 spiro atoms. The summed E-state index contributed by atoms with van der Waals surface area (Å²) < 4.78 is 75.6. The first-order chi connectivity index (χ1) is 30.8. The van der Waals surface area contributed by atoms with Gasteiger partial charge in [0.2, 0.25) is 35.7 Å². The molecule has 0 amide bonds. The van der Waals surface area contributed by atoms with Crippen molar-refractivity contribution < 1.29 is 105 Å². The Hall–Kier alpha value is -1.63. The minimum absolute atomic E-state index is 0. The summed E-state index contributed by atoms with van der Waals surface area (Å²) in [5.74, 6) is 0.0621. The van der Waals surface area contributed by atoms with E-state index in [2.05, 4.69) is 51.2 Å². The third-order valence-corrected chi connectivity index (χ3v) is 10.7. The van der Waals surface area contributed by atoms with Crippen LogP contribution in [0.5, 0.6) is 0 Å². The van der Waals surface area contributed by atoms with Gasteiger partial charge in [0.25, 0.3) is 0 Å². The first-order valence-electron chi connectivity index (χ1n) is 19.3. The number of hydrogen-bond donors (Lipinski definition) is 8. The molecule has 4 aromatic carbocycles. The van der Waals surface area contributed by atoms with Crippen molar-refractivity contribution >= 4 is 194 Å². The fourth-order valence-electron chi connectivity index (χ4n) is 6.01. The first kappa shape index (κ1) is 62.5. The Bertz CT molecular complexity index is 2600. The number of aromatic nitrogens is 6. The Morgan fingerprint density at radius 2 is 0.750 bits per heavy atom. The Labute approximate surface area is 522 Å². The molecule has 0 aliphatic heterocycles. The van der Waals surface area contributed by atoms with Crippen LogP contribution < -0.4 is 90.2 Å². The summed E-state index contributed by atoms with van der Waals surface area (Å²) >= 11 is 0. The van der Waals surface area contributed by atoms with E-state index in [1.165, 1.54) is 34.1 Å². The Balaban J connectivity index is 0.00000397. The molecule has 28 heteroatoms. The second kappa shape index (κ2) is 30.4. The van der Waals surface area contributed by atoms with Crippen LogP contribution in [0.2, 0.25) is 0 Å². The molecule has 2 radical (unpaired) electrons. The molecule has 338 valence electrons. The number of anilines is 10. The van der Waals surface area contributed by atoms with E-state index in [1.54, 1.807) is 48.5 Å². The standard InChI is InChI=1S/C40H44N12O10S2.2K.2Na/c53-21-17-51(18-22-54)39-47-35(41-29-7-3-1-4-8-29)45-37(49-39)43-31-15-13-27(33(25-31)63(57,58)59)11-12-28-14-16-32(26-34(28)64(60,61)62)44-38-46-36(42-30-9-5-2-6-10-30)48-40(50-38)52(19-23-55)20-24-56;;;;/h1-16,25-26,53-56H,17-24H2,(H,57,58,59)(H,60,61,62)(H2,41,43,45,47,49)(H2,42,44,46,48,50);;;;/q;;;2*+1/p-2/b12-11+;;;;. The topological polar surface area (TPSA) is 327 Å². The summed E-state index contributed by atoms with van der Waals surface area (Å²) in [5, 5.41) is 50.3. The van der Waals surface area contributed by atoms with Crippen molar-refractivity contribution in [2.24, 2.45) is 0 Å². The van der Waals surface area contributed by atoms with Gasteiger partial charge in [-0.25, -0.2) is 16.8 Å². The van der Waals surface area contributed by atoms with Gasteiger partial charge >= 0.3 is 59.1 Å². The molecule has 22 nitrogen and oxygen atoms in total. The summed E-state index contributed by atoms with van der Waals surface area (Å²) in [6.45, 7) is -0.886. The number of nitrogens with one attached hydrogen (secondary N) is 4. The Kier molecular flexibility index (Phi) is 28.0. The van der Waals surface area contributed by atoms with Gasteiger partial charge in [0, 0.05) is 152 Å². The molecule has 8 N–H and O–H groups in total. The summed E-state index contributed by atoms with van der Waals surface area (Å²) in [7, 11) is -10.3. The first-order valence-corrected chi connectivity index (χ1v) is 22.1. The number of aliphatic hydroxyl groups is 4. The van der Waals surface area contributed by atoms with Crippen LogP contribution in [0.3, 0.4) is 0 Å². The van der Waals surface area contributed by atoms with E-state index in [4.69, 9.17) is 0 Å². The van der Waals surface area contributed by atoms with Gasteiger partial charge < -0.3 is 60.6 Å². The van der Waals surface area contributed by atoms with Crippen molar-refractivity contribution in [1.29, 1.82) is 0 Å². The van der Waals surface area contributed by atoms with Gasteiger partial charge in [-0.15, -0.1) is 0 Å². The second-order valence-electron chi connectivity index (χ2n) is 13.4. The van der Waals surface area contributed by atoms with Crippen LogP contribution in [0.25, 0.3) is 12.2 Å². The Morgan fingerprint density at radius 1 is 0.456 bits per heavy atom. The van der Waals surface area contributed by atoms with Gasteiger partial charge in [0.1, 0.15) is 20.2 Å². The van der Waals surface area contributed by atoms with Crippen molar-refractivity contribution in [3.63, 3.8) is 0 Å². The molecule has 0 saturated heterocycles. The fraction of sp³-hybridized carbons (Fsp3) is 0.200. The molecule has 6 rings (SSSR count). The monoisotopic (exact) mass is 1040 g/mol. The van der Waals surface area contributed by atoms with Crippen molar-refractivity contribution in [3.05, 3.63) is 108 Å². The van der Waals surface area contributed by atoms with Gasteiger partial charge in [0.05, 0.1) is 36.2 Å². The zero-order valence-electron chi connectivity index (χ0n) is 37.7. The van der Waals surface area contributed by atoms with Crippen molar-refractivity contribution in [2.75, 3.05) is 83.7 Å². The molecule has 0 saturated carbocycles. The minimum atomic E-state index is -5.17. The number of hydrogen-bond acceptors (Lipinski definition) is 22. The third kappa shape index (κ3) is 18.8. The van der Waals surface area contributed by atoms with Gasteiger partial charge in [-0.05, 0) is 59.7 Å². The zero-order chi connectivity index (χ0) is 45.7. The predicted octanol–water partition coefficient (Wildman–Crippen LogP) is -4.16. The molecule has 0 atom stereocenters. The maximum absolute atomic E-state index is 12.6. The van der Waals surface area contributed by atoms with Crippen LogP contribution in [0.4, 0.5) is 58.4 Å². The molecule has 2 aromatic heterocycles. The molecule has 6 aromatic rings.